The second-order valence-electron chi connectivity index (χ2n) is 6.85. The van der Waals surface area contributed by atoms with Gasteiger partial charge >= 0.3 is 0 Å². The predicted octanol–water partition coefficient (Wildman–Crippen LogP) is 2.70. The summed E-state index contributed by atoms with van der Waals surface area (Å²) in [5.41, 5.74) is 8.80. The molecule has 0 saturated heterocycles. The van der Waals surface area contributed by atoms with Crippen LogP contribution in [0.3, 0.4) is 0 Å². The average molecular weight is 384 g/mol. The van der Waals surface area contributed by atoms with Crippen molar-refractivity contribution in [2.24, 2.45) is 10.7 Å². The molecule has 0 aliphatic carbocycles. The summed E-state index contributed by atoms with van der Waals surface area (Å²) in [6.07, 6.45) is 3.59. The summed E-state index contributed by atoms with van der Waals surface area (Å²) in [6.45, 7) is 9.77. The number of aryl methyl sites for hydroxylation is 1. The van der Waals surface area contributed by atoms with Crippen molar-refractivity contribution in [3.8, 4) is 5.75 Å². The molecule has 1 unspecified atom stereocenters. The number of benzene rings is 1. The molecule has 28 heavy (non-hydrogen) atoms. The number of carbonyl (C=O) groups excluding carboxylic acids is 2. The van der Waals surface area contributed by atoms with Crippen LogP contribution in [0.4, 0.5) is 5.69 Å². The lowest BCUT2D eigenvalue weighted by Gasteiger charge is -2.39. The van der Waals surface area contributed by atoms with Crippen LogP contribution in [0, 0.1) is 6.92 Å². The Bertz CT molecular complexity index is 884. The Morgan fingerprint density at radius 2 is 2.04 bits per heavy atom. The molecule has 3 N–H and O–H groups in total. The molecule has 1 heterocycles. The second kappa shape index (κ2) is 8.73. The highest BCUT2D eigenvalue weighted by molar-refractivity contribution is 6.03. The van der Waals surface area contributed by atoms with Crippen LogP contribution in [0.1, 0.15) is 43.6 Å². The van der Waals surface area contributed by atoms with Crippen LogP contribution in [0.25, 0.3) is 0 Å². The molecule has 1 aliphatic heterocycles. The second-order valence-corrected chi connectivity index (χ2v) is 6.85. The number of ether oxygens (including phenoxy) is 1. The molecule has 150 valence electrons. The zero-order valence-corrected chi connectivity index (χ0v) is 17.3. The molecule has 1 aromatic rings. The summed E-state index contributed by atoms with van der Waals surface area (Å²) in [7, 11) is 1.68. The van der Waals surface area contributed by atoms with E-state index < -0.39 is 5.91 Å². The first kappa shape index (κ1) is 21.2. The zero-order chi connectivity index (χ0) is 21.0. The number of nitrogens with zero attached hydrogens (tertiary/aromatic N) is 2. The first-order valence-corrected chi connectivity index (χ1v) is 9.15. The molecule has 2 amide bonds. The van der Waals surface area contributed by atoms with E-state index >= 15 is 0 Å². The molecule has 0 spiro atoms. The molecule has 1 aliphatic rings. The Morgan fingerprint density at radius 1 is 1.36 bits per heavy atom. The van der Waals surface area contributed by atoms with Crippen LogP contribution >= 0.6 is 0 Å². The van der Waals surface area contributed by atoms with E-state index in [2.05, 4.69) is 10.3 Å². The van der Waals surface area contributed by atoms with Crippen molar-refractivity contribution in [2.45, 2.75) is 40.7 Å². The third-order valence-corrected chi connectivity index (χ3v) is 4.62. The quantitative estimate of drug-likeness (QED) is 0.602. The Balaban J connectivity index is 2.42. The van der Waals surface area contributed by atoms with Crippen molar-refractivity contribution in [3.63, 3.8) is 0 Å². The third-order valence-electron chi connectivity index (χ3n) is 4.62. The Hall–Kier alpha value is -3.09. The summed E-state index contributed by atoms with van der Waals surface area (Å²) in [4.78, 5) is 30.3. The Kier molecular flexibility index (Phi) is 6.62. The maximum absolute atomic E-state index is 12.7. The molecule has 0 fully saturated rings. The van der Waals surface area contributed by atoms with Gasteiger partial charge in [0.05, 0.1) is 11.7 Å². The van der Waals surface area contributed by atoms with Crippen LogP contribution < -0.4 is 20.7 Å². The minimum Gasteiger partial charge on any atom is -0.489 e. The summed E-state index contributed by atoms with van der Waals surface area (Å²) < 4.78 is 5.84. The molecule has 0 saturated carbocycles. The van der Waals surface area contributed by atoms with Gasteiger partial charge in [0, 0.05) is 23.9 Å². The van der Waals surface area contributed by atoms with Gasteiger partial charge in [0.1, 0.15) is 18.2 Å². The van der Waals surface area contributed by atoms with E-state index in [0.717, 1.165) is 17.0 Å². The number of anilines is 1. The number of hydrogen-bond acceptors (Lipinski definition) is 5. The minimum atomic E-state index is -0.507. The van der Waals surface area contributed by atoms with Gasteiger partial charge in [-0.25, -0.2) is 0 Å². The van der Waals surface area contributed by atoms with E-state index in [1.165, 1.54) is 0 Å². The van der Waals surface area contributed by atoms with Crippen LogP contribution in [0.5, 0.6) is 5.75 Å². The van der Waals surface area contributed by atoms with Crippen molar-refractivity contribution >= 4 is 23.2 Å². The van der Waals surface area contributed by atoms with Crippen molar-refractivity contribution in [2.75, 3.05) is 18.6 Å². The number of nitrogens with two attached hydrogens (primary N) is 1. The number of aliphatic imine (C=N–C) groups is 1. The normalized spacial score (nSPS) is 17.7. The standard InChI is InChI=1S/C21H28N4O3/c1-7-18(24-21(27)13(3)8-14(4)23-6)25-15(5)11-28-17-10-16(20(22)26)9-12(2)19(17)25/h7-10,15H,11H2,1-6H3,(H2,22,26)(H,24,27)/b13-8+,18-7-,23-14?. The highest BCUT2D eigenvalue weighted by Crippen LogP contribution is 2.39. The topological polar surface area (TPSA) is 97.0 Å². The molecular weight excluding hydrogens is 356 g/mol. The molecule has 1 atom stereocenters. The Labute approximate surface area is 166 Å². The first-order chi connectivity index (χ1) is 13.2. The number of nitrogens with one attached hydrogen (secondary N) is 1. The molecule has 1 aromatic carbocycles. The summed E-state index contributed by atoms with van der Waals surface area (Å²) >= 11 is 0. The lowest BCUT2D eigenvalue weighted by atomic mass is 10.0. The third kappa shape index (κ3) is 4.42. The van der Waals surface area contributed by atoms with Gasteiger partial charge < -0.3 is 20.7 Å². The van der Waals surface area contributed by atoms with E-state index in [4.69, 9.17) is 10.5 Å². The van der Waals surface area contributed by atoms with Gasteiger partial charge in [-0.15, -0.1) is 0 Å². The molecular formula is C21H28N4O3. The predicted molar refractivity (Wildman–Crippen MR) is 112 cm³/mol. The number of rotatable bonds is 5. The van der Waals surface area contributed by atoms with E-state index in [0.29, 0.717) is 29.3 Å². The van der Waals surface area contributed by atoms with Crippen molar-refractivity contribution < 1.29 is 14.3 Å². The van der Waals surface area contributed by atoms with Gasteiger partial charge in [0.2, 0.25) is 5.91 Å². The van der Waals surface area contributed by atoms with Crippen molar-refractivity contribution in [1.82, 2.24) is 5.32 Å². The van der Waals surface area contributed by atoms with Crippen molar-refractivity contribution in [1.29, 1.82) is 0 Å². The fraction of sp³-hybridized carbons (Fsp3) is 0.381. The van der Waals surface area contributed by atoms with Gasteiger partial charge in [-0.3, -0.25) is 14.6 Å². The van der Waals surface area contributed by atoms with Crippen LogP contribution in [0.2, 0.25) is 0 Å². The van der Waals surface area contributed by atoms with E-state index in [1.807, 2.05) is 38.7 Å². The molecule has 7 nitrogen and oxygen atoms in total. The number of allylic oxidation sites excluding steroid dienone is 2. The number of carbonyl (C=O) groups is 2. The summed E-state index contributed by atoms with van der Waals surface area (Å²) in [5.74, 6) is 0.508. The highest BCUT2D eigenvalue weighted by Gasteiger charge is 2.30. The molecule has 0 bridgehead atoms. The SMILES string of the molecule is C/C=C(/NC(=O)/C(C)=C/C(C)=NC)N1c2c(C)cc(C(N)=O)cc2OCC1C. The fourth-order valence-corrected chi connectivity index (χ4v) is 3.10. The number of primary amides is 1. The van der Waals surface area contributed by atoms with Crippen LogP contribution in [0.15, 0.2) is 40.7 Å². The largest absolute Gasteiger partial charge is 0.489 e. The zero-order valence-electron chi connectivity index (χ0n) is 17.3. The molecule has 0 radical (unpaired) electrons. The average Bonchev–Trinajstić information content (AvgIpc) is 2.66. The molecule has 7 heteroatoms. The van der Waals surface area contributed by atoms with Gasteiger partial charge in [0.25, 0.3) is 5.91 Å². The molecule has 0 aromatic heterocycles. The van der Waals surface area contributed by atoms with Gasteiger partial charge in [-0.1, -0.05) is 0 Å². The summed E-state index contributed by atoms with van der Waals surface area (Å²) in [6, 6.07) is 3.36. The number of amides is 2. The van der Waals surface area contributed by atoms with Crippen LogP contribution in [-0.2, 0) is 4.79 Å². The minimum absolute atomic E-state index is 0.0136. The number of fused-ring (bicyclic) bond motifs is 1. The van der Waals surface area contributed by atoms with Gasteiger partial charge in [0.15, 0.2) is 0 Å². The monoisotopic (exact) mass is 384 g/mol. The van der Waals surface area contributed by atoms with Crippen molar-refractivity contribution in [3.05, 3.63) is 46.8 Å². The van der Waals surface area contributed by atoms with E-state index in [9.17, 15) is 9.59 Å². The highest BCUT2D eigenvalue weighted by atomic mass is 16.5. The fourth-order valence-electron chi connectivity index (χ4n) is 3.10. The number of hydrogen-bond donors (Lipinski definition) is 2. The summed E-state index contributed by atoms with van der Waals surface area (Å²) in [5, 5.41) is 2.98. The van der Waals surface area contributed by atoms with E-state index in [-0.39, 0.29) is 11.9 Å². The first-order valence-electron chi connectivity index (χ1n) is 9.15. The smallest absolute Gasteiger partial charge is 0.252 e. The maximum atomic E-state index is 12.7. The van der Waals surface area contributed by atoms with E-state index in [1.54, 1.807) is 32.2 Å². The lowest BCUT2D eigenvalue weighted by Crippen LogP contribution is -2.46. The molecule has 2 rings (SSSR count). The Morgan fingerprint density at radius 3 is 2.61 bits per heavy atom. The van der Waals surface area contributed by atoms with Crippen LogP contribution in [-0.4, -0.2) is 37.2 Å². The van der Waals surface area contributed by atoms with Gasteiger partial charge in [-0.2, -0.15) is 0 Å². The maximum Gasteiger partial charge on any atom is 0.252 e. The van der Waals surface area contributed by atoms with Gasteiger partial charge in [-0.05, 0) is 64.5 Å². The lowest BCUT2D eigenvalue weighted by molar-refractivity contribution is -0.116.